The summed E-state index contributed by atoms with van der Waals surface area (Å²) in [6, 6.07) is 2.21. The van der Waals surface area contributed by atoms with Gasteiger partial charge in [0.2, 0.25) is 0 Å². The normalized spacial score (nSPS) is 22.4. The molecular weight excluding hydrogens is 192 g/mol. The molecule has 14 heavy (non-hydrogen) atoms. The minimum absolute atomic E-state index is 0.0745. The molecule has 1 aromatic rings. The van der Waals surface area contributed by atoms with E-state index in [-0.39, 0.29) is 5.54 Å². The molecule has 0 radical (unpaired) electrons. The zero-order valence-corrected chi connectivity index (χ0v) is 9.52. The van der Waals surface area contributed by atoms with Crippen LogP contribution in [-0.2, 0) is 6.54 Å². The van der Waals surface area contributed by atoms with Crippen LogP contribution in [0.15, 0.2) is 16.8 Å². The van der Waals surface area contributed by atoms with E-state index in [1.165, 1.54) is 5.56 Å². The van der Waals surface area contributed by atoms with Gasteiger partial charge in [-0.25, -0.2) is 0 Å². The van der Waals surface area contributed by atoms with Gasteiger partial charge in [-0.2, -0.15) is 11.3 Å². The number of thiophene rings is 1. The minimum atomic E-state index is 0.0745. The number of piperidine rings is 1. The first-order chi connectivity index (χ1) is 6.66. The van der Waals surface area contributed by atoms with Gasteiger partial charge in [-0.15, -0.1) is 0 Å². The Kier molecular flexibility index (Phi) is 2.91. The lowest BCUT2D eigenvalue weighted by molar-refractivity contribution is 0.165. The van der Waals surface area contributed by atoms with Gasteiger partial charge in [-0.1, -0.05) is 0 Å². The predicted molar refractivity (Wildman–Crippen MR) is 61.4 cm³/mol. The van der Waals surface area contributed by atoms with Crippen molar-refractivity contribution in [2.24, 2.45) is 5.73 Å². The molecule has 0 bridgehead atoms. The topological polar surface area (TPSA) is 29.3 Å². The van der Waals surface area contributed by atoms with Crippen molar-refractivity contribution >= 4 is 11.3 Å². The summed E-state index contributed by atoms with van der Waals surface area (Å²) < 4.78 is 0. The second-order valence-electron chi connectivity index (χ2n) is 4.56. The Hall–Kier alpha value is -0.380. The number of nitrogens with two attached hydrogens (primary N) is 1. The molecule has 1 aromatic heterocycles. The molecule has 1 saturated heterocycles. The number of nitrogens with zero attached hydrogens (tertiary/aromatic N) is 1. The highest BCUT2D eigenvalue weighted by atomic mass is 32.1. The van der Waals surface area contributed by atoms with Crippen LogP contribution >= 0.6 is 11.3 Å². The van der Waals surface area contributed by atoms with Gasteiger partial charge in [0.05, 0.1) is 0 Å². The third-order valence-corrected chi connectivity index (χ3v) is 3.72. The van der Waals surface area contributed by atoms with Gasteiger partial charge >= 0.3 is 0 Å². The number of likely N-dealkylation sites (tertiary alicyclic amines) is 1. The Morgan fingerprint density at radius 3 is 2.79 bits per heavy atom. The molecule has 2 heterocycles. The SMILES string of the molecule is CC1(N)CCN(Cc2ccsc2)CC1. The molecule has 78 valence electrons. The summed E-state index contributed by atoms with van der Waals surface area (Å²) in [5.41, 5.74) is 7.60. The van der Waals surface area contributed by atoms with Crippen LogP contribution in [0.5, 0.6) is 0 Å². The molecule has 0 amide bonds. The second kappa shape index (κ2) is 4.01. The van der Waals surface area contributed by atoms with E-state index in [2.05, 4.69) is 28.7 Å². The molecule has 2 N–H and O–H groups in total. The lowest BCUT2D eigenvalue weighted by atomic mass is 9.91. The average molecular weight is 210 g/mol. The van der Waals surface area contributed by atoms with Gasteiger partial charge in [0.25, 0.3) is 0 Å². The average Bonchev–Trinajstić information content (AvgIpc) is 2.61. The van der Waals surface area contributed by atoms with Crippen molar-refractivity contribution in [3.63, 3.8) is 0 Å². The van der Waals surface area contributed by atoms with E-state index in [1.807, 2.05) is 0 Å². The van der Waals surface area contributed by atoms with E-state index in [0.29, 0.717) is 0 Å². The van der Waals surface area contributed by atoms with Gasteiger partial charge in [-0.05, 0) is 42.2 Å². The van der Waals surface area contributed by atoms with Crippen LogP contribution in [-0.4, -0.2) is 23.5 Å². The summed E-state index contributed by atoms with van der Waals surface area (Å²) in [6.45, 7) is 5.54. The molecule has 0 saturated carbocycles. The number of hydrogen-bond donors (Lipinski definition) is 1. The number of rotatable bonds is 2. The van der Waals surface area contributed by atoms with Gasteiger partial charge < -0.3 is 5.73 Å². The summed E-state index contributed by atoms with van der Waals surface area (Å²) >= 11 is 1.78. The molecule has 3 heteroatoms. The zero-order valence-electron chi connectivity index (χ0n) is 8.70. The standard InChI is InChI=1S/C11H18N2S/c1-11(12)3-5-13(6-4-11)8-10-2-7-14-9-10/h2,7,9H,3-6,8,12H2,1H3. The fourth-order valence-corrected chi connectivity index (χ4v) is 2.52. The van der Waals surface area contributed by atoms with Crippen molar-refractivity contribution in [3.8, 4) is 0 Å². The molecule has 1 fully saturated rings. The summed E-state index contributed by atoms with van der Waals surface area (Å²) in [7, 11) is 0. The molecule has 0 aromatic carbocycles. The van der Waals surface area contributed by atoms with Gasteiger partial charge in [0.15, 0.2) is 0 Å². The summed E-state index contributed by atoms with van der Waals surface area (Å²) in [5.74, 6) is 0. The van der Waals surface area contributed by atoms with Crippen LogP contribution in [0.3, 0.4) is 0 Å². The highest BCUT2D eigenvalue weighted by molar-refractivity contribution is 7.07. The van der Waals surface area contributed by atoms with Crippen molar-refractivity contribution in [1.29, 1.82) is 0 Å². The first kappa shape index (κ1) is 10.1. The quantitative estimate of drug-likeness (QED) is 0.809. The molecule has 2 nitrogen and oxygen atoms in total. The first-order valence-corrected chi connectivity index (χ1v) is 6.12. The van der Waals surface area contributed by atoms with Gasteiger partial charge in [0.1, 0.15) is 0 Å². The van der Waals surface area contributed by atoms with Crippen molar-refractivity contribution in [2.45, 2.75) is 31.8 Å². The van der Waals surface area contributed by atoms with Crippen molar-refractivity contribution in [2.75, 3.05) is 13.1 Å². The van der Waals surface area contributed by atoms with E-state index in [1.54, 1.807) is 11.3 Å². The molecule has 0 spiro atoms. The lowest BCUT2D eigenvalue weighted by Gasteiger charge is -2.36. The van der Waals surface area contributed by atoms with Crippen LogP contribution in [0.4, 0.5) is 0 Å². The first-order valence-electron chi connectivity index (χ1n) is 5.18. The Labute approximate surface area is 89.7 Å². The highest BCUT2D eigenvalue weighted by Gasteiger charge is 2.25. The summed E-state index contributed by atoms with van der Waals surface area (Å²) in [4.78, 5) is 2.50. The van der Waals surface area contributed by atoms with E-state index in [4.69, 9.17) is 5.73 Å². The third kappa shape index (κ3) is 2.56. The maximum Gasteiger partial charge on any atom is 0.0242 e. The van der Waals surface area contributed by atoms with Crippen molar-refractivity contribution in [3.05, 3.63) is 22.4 Å². The predicted octanol–water partition coefficient (Wildman–Crippen LogP) is 2.06. The van der Waals surface area contributed by atoms with Crippen LogP contribution in [0.2, 0.25) is 0 Å². The summed E-state index contributed by atoms with van der Waals surface area (Å²) in [5, 5.41) is 4.38. The fourth-order valence-electron chi connectivity index (χ4n) is 1.86. The molecule has 1 aliphatic heterocycles. The van der Waals surface area contributed by atoms with Crippen molar-refractivity contribution < 1.29 is 0 Å². The maximum atomic E-state index is 6.09. The largest absolute Gasteiger partial charge is 0.325 e. The smallest absolute Gasteiger partial charge is 0.0242 e. The molecule has 0 aliphatic carbocycles. The monoisotopic (exact) mass is 210 g/mol. The Morgan fingerprint density at radius 1 is 1.50 bits per heavy atom. The molecule has 1 aliphatic rings. The van der Waals surface area contributed by atoms with Gasteiger partial charge in [-0.3, -0.25) is 4.90 Å². The lowest BCUT2D eigenvalue weighted by Crippen LogP contribution is -2.47. The van der Waals surface area contributed by atoms with Crippen LogP contribution in [0, 0.1) is 0 Å². The van der Waals surface area contributed by atoms with E-state index < -0.39 is 0 Å². The molecular formula is C11H18N2S. The number of hydrogen-bond acceptors (Lipinski definition) is 3. The zero-order chi connectivity index (χ0) is 10.0. The third-order valence-electron chi connectivity index (χ3n) is 2.98. The van der Waals surface area contributed by atoms with E-state index in [0.717, 1.165) is 32.5 Å². The van der Waals surface area contributed by atoms with E-state index >= 15 is 0 Å². The molecule has 0 unspecified atom stereocenters. The second-order valence-corrected chi connectivity index (χ2v) is 5.34. The van der Waals surface area contributed by atoms with Crippen LogP contribution in [0.25, 0.3) is 0 Å². The fraction of sp³-hybridized carbons (Fsp3) is 0.636. The van der Waals surface area contributed by atoms with Crippen molar-refractivity contribution in [1.82, 2.24) is 4.90 Å². The van der Waals surface area contributed by atoms with E-state index in [9.17, 15) is 0 Å². The highest BCUT2D eigenvalue weighted by Crippen LogP contribution is 2.20. The van der Waals surface area contributed by atoms with Gasteiger partial charge in [0, 0.05) is 25.2 Å². The summed E-state index contributed by atoms with van der Waals surface area (Å²) in [6.07, 6.45) is 2.24. The molecule has 2 rings (SSSR count). The van der Waals surface area contributed by atoms with Crippen LogP contribution in [0.1, 0.15) is 25.3 Å². The Bertz CT molecular complexity index is 269. The molecule has 0 atom stereocenters. The maximum absolute atomic E-state index is 6.09. The Morgan fingerprint density at radius 2 is 2.21 bits per heavy atom. The Balaban J connectivity index is 1.85. The minimum Gasteiger partial charge on any atom is -0.325 e. The van der Waals surface area contributed by atoms with Crippen LogP contribution < -0.4 is 5.73 Å².